The Balaban J connectivity index is 2.46. The van der Waals surface area contributed by atoms with Gasteiger partial charge in [0.15, 0.2) is 0 Å². The smallest absolute Gasteiger partial charge is 0.330 e. The van der Waals surface area contributed by atoms with Crippen molar-refractivity contribution in [3.63, 3.8) is 0 Å². The molecule has 1 aliphatic heterocycles. The monoisotopic (exact) mass is 268 g/mol. The maximum absolute atomic E-state index is 11.9. The van der Waals surface area contributed by atoms with E-state index < -0.39 is 11.2 Å². The molecule has 7 nitrogen and oxygen atoms in total. The first-order chi connectivity index (χ1) is 8.89. The number of aromatic amines is 1. The molecule has 2 rings (SSSR count). The molecular weight excluding hydrogens is 248 g/mol. The van der Waals surface area contributed by atoms with E-state index in [1.807, 2.05) is 13.8 Å². The molecule has 2 heterocycles. The summed E-state index contributed by atoms with van der Waals surface area (Å²) in [6, 6.07) is 0. The van der Waals surface area contributed by atoms with Crippen LogP contribution in [0.25, 0.3) is 0 Å². The van der Waals surface area contributed by atoms with Crippen molar-refractivity contribution in [3.8, 4) is 0 Å². The summed E-state index contributed by atoms with van der Waals surface area (Å²) in [7, 11) is 0. The number of ether oxygens (including phenoxy) is 1. The first-order valence-corrected chi connectivity index (χ1v) is 6.41. The van der Waals surface area contributed by atoms with Gasteiger partial charge in [0.25, 0.3) is 5.56 Å². The third-order valence-electron chi connectivity index (χ3n) is 3.85. The van der Waals surface area contributed by atoms with Crippen LogP contribution in [0.3, 0.4) is 0 Å². The van der Waals surface area contributed by atoms with Crippen molar-refractivity contribution >= 4 is 11.5 Å². The lowest BCUT2D eigenvalue weighted by Gasteiger charge is -2.30. The fourth-order valence-electron chi connectivity index (χ4n) is 2.31. The highest BCUT2D eigenvalue weighted by molar-refractivity contribution is 5.62. The van der Waals surface area contributed by atoms with Crippen LogP contribution in [-0.4, -0.2) is 27.8 Å². The van der Waals surface area contributed by atoms with Crippen LogP contribution in [0.4, 0.5) is 11.5 Å². The molecule has 1 aromatic rings. The van der Waals surface area contributed by atoms with Crippen molar-refractivity contribution < 1.29 is 4.74 Å². The van der Waals surface area contributed by atoms with E-state index in [1.54, 1.807) is 6.92 Å². The Morgan fingerprint density at radius 3 is 2.79 bits per heavy atom. The number of anilines is 2. The van der Waals surface area contributed by atoms with Crippen LogP contribution in [0.2, 0.25) is 0 Å². The minimum absolute atomic E-state index is 0.0340. The predicted octanol–water partition coefficient (Wildman–Crippen LogP) is 0.118. The van der Waals surface area contributed by atoms with Crippen LogP contribution in [0.5, 0.6) is 0 Å². The van der Waals surface area contributed by atoms with E-state index in [0.29, 0.717) is 13.2 Å². The molecule has 106 valence electrons. The van der Waals surface area contributed by atoms with E-state index in [-0.39, 0.29) is 23.1 Å². The lowest BCUT2D eigenvalue weighted by molar-refractivity contribution is 0.105. The van der Waals surface area contributed by atoms with Gasteiger partial charge in [0, 0.05) is 13.2 Å². The third kappa shape index (κ3) is 2.25. The summed E-state index contributed by atoms with van der Waals surface area (Å²) in [5.41, 5.74) is 4.81. The molecule has 0 aromatic carbocycles. The van der Waals surface area contributed by atoms with Gasteiger partial charge < -0.3 is 15.8 Å². The van der Waals surface area contributed by atoms with Gasteiger partial charge in [-0.15, -0.1) is 0 Å². The molecule has 1 aromatic heterocycles. The van der Waals surface area contributed by atoms with E-state index in [0.717, 1.165) is 6.42 Å². The number of nitrogens with one attached hydrogen (secondary N) is 2. The predicted molar refractivity (Wildman–Crippen MR) is 73.5 cm³/mol. The lowest BCUT2D eigenvalue weighted by atomic mass is 9.94. The summed E-state index contributed by atoms with van der Waals surface area (Å²) < 4.78 is 6.84. The maximum atomic E-state index is 11.9. The maximum Gasteiger partial charge on any atom is 0.330 e. The number of nitrogens with two attached hydrogens (primary N) is 1. The Morgan fingerprint density at radius 2 is 2.26 bits per heavy atom. The quantitative estimate of drug-likeness (QED) is 0.722. The minimum atomic E-state index is -0.493. The number of H-pyrrole nitrogens is 1. The second-order valence-electron chi connectivity index (χ2n) is 5.07. The molecule has 1 saturated heterocycles. The Morgan fingerprint density at radius 1 is 1.58 bits per heavy atom. The average Bonchev–Trinajstić information content (AvgIpc) is 2.66. The molecule has 4 N–H and O–H groups in total. The molecule has 2 atom stereocenters. The standard InChI is InChI=1S/C12H20N4O3/c1-4-16-9(13)8(10(17)14-11(16)18)15-12(3)5-6-19-7(12)2/h7,15H,4-6,13H2,1-3H3,(H,14,17,18). The van der Waals surface area contributed by atoms with E-state index in [1.165, 1.54) is 4.57 Å². The van der Waals surface area contributed by atoms with Crippen LogP contribution >= 0.6 is 0 Å². The van der Waals surface area contributed by atoms with Crippen molar-refractivity contribution in [3.05, 3.63) is 20.8 Å². The number of nitrogen functional groups attached to an aromatic ring is 1. The number of aromatic nitrogens is 2. The Hall–Kier alpha value is -1.76. The molecule has 0 aliphatic carbocycles. The zero-order valence-corrected chi connectivity index (χ0v) is 11.4. The van der Waals surface area contributed by atoms with Gasteiger partial charge in [-0.1, -0.05) is 0 Å². The molecule has 2 unspecified atom stereocenters. The van der Waals surface area contributed by atoms with Gasteiger partial charge in [-0.2, -0.15) is 0 Å². The fraction of sp³-hybridized carbons (Fsp3) is 0.667. The molecule has 1 fully saturated rings. The summed E-state index contributed by atoms with van der Waals surface area (Å²) in [5.74, 6) is 0.163. The molecule has 0 radical (unpaired) electrons. The minimum Gasteiger partial charge on any atom is -0.383 e. The van der Waals surface area contributed by atoms with Gasteiger partial charge in [0.2, 0.25) is 0 Å². The molecule has 19 heavy (non-hydrogen) atoms. The zero-order chi connectivity index (χ0) is 14.2. The van der Waals surface area contributed by atoms with Crippen molar-refractivity contribution in [1.82, 2.24) is 9.55 Å². The highest BCUT2D eigenvalue weighted by Gasteiger charge is 2.38. The average molecular weight is 268 g/mol. The largest absolute Gasteiger partial charge is 0.383 e. The van der Waals surface area contributed by atoms with Crippen LogP contribution in [0, 0.1) is 0 Å². The second kappa shape index (κ2) is 4.73. The first kappa shape index (κ1) is 13.7. The Kier molecular flexibility index (Phi) is 3.40. The van der Waals surface area contributed by atoms with Crippen molar-refractivity contribution in [2.75, 3.05) is 17.7 Å². The normalized spacial score (nSPS) is 26.6. The van der Waals surface area contributed by atoms with E-state index in [9.17, 15) is 9.59 Å². The van der Waals surface area contributed by atoms with Crippen molar-refractivity contribution in [2.45, 2.75) is 45.4 Å². The molecule has 0 amide bonds. The van der Waals surface area contributed by atoms with Crippen LogP contribution in [0.15, 0.2) is 9.59 Å². The van der Waals surface area contributed by atoms with Gasteiger partial charge in [0.05, 0.1) is 11.6 Å². The Labute approximate surface area is 110 Å². The van der Waals surface area contributed by atoms with E-state index >= 15 is 0 Å². The lowest BCUT2D eigenvalue weighted by Crippen LogP contribution is -2.44. The fourth-order valence-corrected chi connectivity index (χ4v) is 2.31. The van der Waals surface area contributed by atoms with Gasteiger partial charge in [-0.05, 0) is 27.2 Å². The topological polar surface area (TPSA) is 102 Å². The highest BCUT2D eigenvalue weighted by Crippen LogP contribution is 2.29. The molecule has 0 spiro atoms. The van der Waals surface area contributed by atoms with Gasteiger partial charge in [0.1, 0.15) is 11.5 Å². The first-order valence-electron chi connectivity index (χ1n) is 6.41. The van der Waals surface area contributed by atoms with Gasteiger partial charge in [-0.25, -0.2) is 4.79 Å². The summed E-state index contributed by atoms with van der Waals surface area (Å²) >= 11 is 0. The number of hydrogen-bond acceptors (Lipinski definition) is 5. The summed E-state index contributed by atoms with van der Waals surface area (Å²) in [6.45, 7) is 6.75. The molecule has 7 heteroatoms. The van der Waals surface area contributed by atoms with E-state index in [4.69, 9.17) is 10.5 Å². The van der Waals surface area contributed by atoms with Gasteiger partial charge in [-0.3, -0.25) is 14.3 Å². The van der Waals surface area contributed by atoms with Crippen molar-refractivity contribution in [1.29, 1.82) is 0 Å². The number of hydrogen-bond donors (Lipinski definition) is 3. The molecule has 1 aliphatic rings. The second-order valence-corrected chi connectivity index (χ2v) is 5.07. The van der Waals surface area contributed by atoms with Gasteiger partial charge >= 0.3 is 5.69 Å². The van der Waals surface area contributed by atoms with Crippen LogP contribution in [0.1, 0.15) is 27.2 Å². The number of rotatable bonds is 3. The summed E-state index contributed by atoms with van der Waals surface area (Å²) in [6.07, 6.45) is 0.742. The van der Waals surface area contributed by atoms with Crippen LogP contribution in [-0.2, 0) is 11.3 Å². The third-order valence-corrected chi connectivity index (χ3v) is 3.85. The SMILES string of the molecule is CCn1c(N)c(NC2(C)CCOC2C)c(=O)[nH]c1=O. The number of nitrogens with zero attached hydrogens (tertiary/aromatic N) is 1. The molecular formula is C12H20N4O3. The summed E-state index contributed by atoms with van der Waals surface area (Å²) in [4.78, 5) is 25.8. The summed E-state index contributed by atoms with van der Waals surface area (Å²) in [5, 5.41) is 3.15. The molecule has 0 bridgehead atoms. The van der Waals surface area contributed by atoms with E-state index in [2.05, 4.69) is 10.3 Å². The van der Waals surface area contributed by atoms with Crippen molar-refractivity contribution in [2.24, 2.45) is 0 Å². The zero-order valence-electron chi connectivity index (χ0n) is 11.4. The highest BCUT2D eigenvalue weighted by atomic mass is 16.5. The Bertz CT molecular complexity index is 592. The van der Waals surface area contributed by atoms with Crippen LogP contribution < -0.4 is 22.3 Å². The molecule has 0 saturated carbocycles.